The quantitative estimate of drug-likeness (QED) is 0.836. The molecule has 0 aromatic carbocycles. The lowest BCUT2D eigenvalue weighted by atomic mass is 10.2. The molecule has 16 heavy (non-hydrogen) atoms. The summed E-state index contributed by atoms with van der Waals surface area (Å²) in [6, 6.07) is 1.17. The maximum absolute atomic E-state index is 12.0. The van der Waals surface area contributed by atoms with Crippen molar-refractivity contribution in [2.24, 2.45) is 0 Å². The highest BCUT2D eigenvalue weighted by Gasteiger charge is 2.33. The molecule has 1 heterocycles. The van der Waals surface area contributed by atoms with E-state index in [4.69, 9.17) is 5.11 Å². The van der Waals surface area contributed by atoms with E-state index in [0.29, 0.717) is 0 Å². The van der Waals surface area contributed by atoms with Gasteiger partial charge in [0.25, 0.3) is 0 Å². The number of pyridine rings is 1. The highest BCUT2D eigenvalue weighted by atomic mass is 127. The summed E-state index contributed by atoms with van der Waals surface area (Å²) in [5.41, 5.74) is -0.135. The monoisotopic (exact) mass is 347 g/mol. The Balaban J connectivity index is 3.25. The highest BCUT2D eigenvalue weighted by molar-refractivity contribution is 14.1. The van der Waals surface area contributed by atoms with Crippen molar-refractivity contribution in [1.29, 1.82) is 0 Å². The fourth-order valence-corrected chi connectivity index (χ4v) is 1.58. The van der Waals surface area contributed by atoms with Gasteiger partial charge in [-0.3, -0.25) is 0 Å². The Kier molecular flexibility index (Phi) is 3.61. The predicted molar refractivity (Wildman–Crippen MR) is 55.3 cm³/mol. The molecule has 0 saturated heterocycles. The fourth-order valence-electron chi connectivity index (χ4n) is 0.962. The number of alkyl halides is 3. The first-order valence-electron chi connectivity index (χ1n) is 3.87. The number of carbonyl (C=O) groups is 1. The molecule has 1 N–H and O–H groups in total. The molecule has 0 aliphatic heterocycles. The predicted octanol–water partition coefficient (Wildman–Crippen LogP) is 2.59. The second-order valence-electron chi connectivity index (χ2n) is 2.78. The third kappa shape index (κ3) is 3.22. The van der Waals surface area contributed by atoms with E-state index >= 15 is 0 Å². The van der Waals surface area contributed by atoms with Gasteiger partial charge in [-0.1, -0.05) is 0 Å². The summed E-state index contributed by atoms with van der Waals surface area (Å²) in [5.74, 6) is -2.08. The number of halogens is 4. The number of carboxylic acid groups (broad SMARTS) is 1. The number of rotatable bonds is 2. The lowest BCUT2D eigenvalue weighted by Crippen LogP contribution is -2.20. The number of aryl methyl sites for hydroxylation is 1. The first-order valence-corrected chi connectivity index (χ1v) is 4.95. The van der Waals surface area contributed by atoms with Gasteiger partial charge >= 0.3 is 12.3 Å². The number of aromatic carboxylic acids is 1. The van der Waals surface area contributed by atoms with Gasteiger partial charge in [-0.25, -0.2) is 9.78 Å². The molecule has 4 nitrogen and oxygen atoms in total. The van der Waals surface area contributed by atoms with Crippen LogP contribution in [0.25, 0.3) is 0 Å². The topological polar surface area (TPSA) is 59.4 Å². The number of hydrogen-bond donors (Lipinski definition) is 1. The first-order chi connectivity index (χ1) is 7.20. The van der Waals surface area contributed by atoms with E-state index in [0.717, 1.165) is 0 Å². The highest BCUT2D eigenvalue weighted by Crippen LogP contribution is 2.28. The van der Waals surface area contributed by atoms with E-state index in [2.05, 4.69) is 9.72 Å². The Hall–Kier alpha value is -1.06. The smallest absolute Gasteiger partial charge is 0.478 e. The molecule has 1 aromatic rings. The van der Waals surface area contributed by atoms with Crippen LogP contribution in [-0.2, 0) is 0 Å². The van der Waals surface area contributed by atoms with Crippen molar-refractivity contribution in [3.8, 4) is 5.88 Å². The summed E-state index contributed by atoms with van der Waals surface area (Å²) in [6.45, 7) is 1.38. The van der Waals surface area contributed by atoms with E-state index in [1.165, 1.54) is 35.6 Å². The van der Waals surface area contributed by atoms with Gasteiger partial charge < -0.3 is 9.84 Å². The van der Waals surface area contributed by atoms with Gasteiger partial charge in [-0.2, -0.15) is 0 Å². The molecule has 0 bridgehead atoms. The zero-order valence-electron chi connectivity index (χ0n) is 7.80. The van der Waals surface area contributed by atoms with E-state index in [1.54, 1.807) is 0 Å². The number of nitrogens with zero attached hydrogens (tertiary/aromatic N) is 1. The Bertz CT molecular complexity index is 433. The molecule has 1 rings (SSSR count). The Morgan fingerprint density at radius 2 is 2.12 bits per heavy atom. The average Bonchev–Trinajstić information content (AvgIpc) is 2.07. The first kappa shape index (κ1) is 13.0. The van der Waals surface area contributed by atoms with Gasteiger partial charge in [0.2, 0.25) is 5.88 Å². The molecule has 88 valence electrons. The van der Waals surface area contributed by atoms with Gasteiger partial charge in [0.15, 0.2) is 0 Å². The Labute approximate surface area is 102 Å². The average molecular weight is 347 g/mol. The third-order valence-corrected chi connectivity index (χ3v) is 2.54. The Morgan fingerprint density at radius 1 is 1.56 bits per heavy atom. The fraction of sp³-hybridized carbons (Fsp3) is 0.250. The zero-order valence-corrected chi connectivity index (χ0v) is 9.96. The van der Waals surface area contributed by atoms with Crippen LogP contribution in [0.4, 0.5) is 13.2 Å². The van der Waals surface area contributed by atoms with E-state index < -0.39 is 18.2 Å². The minimum Gasteiger partial charge on any atom is -0.478 e. The van der Waals surface area contributed by atoms with Crippen molar-refractivity contribution in [2.45, 2.75) is 13.3 Å². The van der Waals surface area contributed by atoms with Crippen LogP contribution >= 0.6 is 22.6 Å². The molecule has 0 spiro atoms. The minimum atomic E-state index is -4.89. The van der Waals surface area contributed by atoms with Gasteiger partial charge in [-0.15, -0.1) is 13.2 Å². The van der Waals surface area contributed by atoms with Gasteiger partial charge in [0, 0.05) is 5.69 Å². The number of hydrogen-bond acceptors (Lipinski definition) is 3. The summed E-state index contributed by atoms with van der Waals surface area (Å²) in [4.78, 5) is 14.2. The summed E-state index contributed by atoms with van der Waals surface area (Å²) in [7, 11) is 0. The van der Waals surface area contributed by atoms with E-state index in [9.17, 15) is 18.0 Å². The largest absolute Gasteiger partial charge is 0.574 e. The standard InChI is InChI=1S/C8H5F3INO3/c1-3-2-4(7(14)15)5(12)6(13-3)16-8(9,10)11/h2H,1H3,(H,14,15). The summed E-state index contributed by atoms with van der Waals surface area (Å²) in [5, 5.41) is 8.74. The molecular weight excluding hydrogens is 342 g/mol. The molecule has 8 heteroatoms. The van der Waals surface area contributed by atoms with Gasteiger partial charge in [0.05, 0.1) is 9.13 Å². The van der Waals surface area contributed by atoms with Crippen LogP contribution < -0.4 is 4.74 Å². The molecule has 0 radical (unpaired) electrons. The number of ether oxygens (including phenoxy) is 1. The van der Waals surface area contributed by atoms with E-state index in [-0.39, 0.29) is 14.8 Å². The third-order valence-electron chi connectivity index (χ3n) is 1.50. The van der Waals surface area contributed by atoms with Crippen molar-refractivity contribution in [1.82, 2.24) is 4.98 Å². The maximum Gasteiger partial charge on any atom is 0.574 e. The maximum atomic E-state index is 12.0. The van der Waals surface area contributed by atoms with Crippen molar-refractivity contribution >= 4 is 28.6 Å². The van der Waals surface area contributed by atoms with Crippen LogP contribution in [0.15, 0.2) is 6.07 Å². The molecule has 0 amide bonds. The van der Waals surface area contributed by atoms with Crippen LogP contribution in [0.1, 0.15) is 16.1 Å². The van der Waals surface area contributed by atoms with Crippen molar-refractivity contribution in [3.63, 3.8) is 0 Å². The van der Waals surface area contributed by atoms with Crippen LogP contribution in [0, 0.1) is 10.5 Å². The second kappa shape index (κ2) is 4.44. The zero-order chi connectivity index (χ0) is 12.5. The number of aromatic nitrogens is 1. The molecule has 0 aliphatic carbocycles. The molecule has 0 atom stereocenters. The van der Waals surface area contributed by atoms with Crippen LogP contribution in [-0.4, -0.2) is 22.4 Å². The summed E-state index contributed by atoms with van der Waals surface area (Å²) < 4.78 is 39.4. The van der Waals surface area contributed by atoms with Crippen molar-refractivity contribution in [3.05, 3.63) is 20.9 Å². The Morgan fingerprint density at radius 3 is 2.56 bits per heavy atom. The molecule has 0 fully saturated rings. The number of carboxylic acids is 1. The van der Waals surface area contributed by atoms with Gasteiger partial charge in [0.1, 0.15) is 0 Å². The molecule has 0 saturated carbocycles. The van der Waals surface area contributed by atoms with Crippen LogP contribution in [0.2, 0.25) is 0 Å². The van der Waals surface area contributed by atoms with E-state index in [1.807, 2.05) is 0 Å². The summed E-state index contributed by atoms with van der Waals surface area (Å²) in [6.07, 6.45) is -4.89. The second-order valence-corrected chi connectivity index (χ2v) is 3.86. The van der Waals surface area contributed by atoms with Crippen LogP contribution in [0.3, 0.4) is 0 Å². The van der Waals surface area contributed by atoms with Crippen molar-refractivity contribution in [2.75, 3.05) is 0 Å². The minimum absolute atomic E-state index is 0.136. The van der Waals surface area contributed by atoms with Crippen molar-refractivity contribution < 1.29 is 27.8 Å². The molecule has 1 aromatic heterocycles. The van der Waals surface area contributed by atoms with Crippen LogP contribution in [0.5, 0.6) is 5.88 Å². The lowest BCUT2D eigenvalue weighted by Gasteiger charge is -2.11. The SMILES string of the molecule is Cc1cc(C(=O)O)c(I)c(OC(F)(F)F)n1. The lowest BCUT2D eigenvalue weighted by molar-refractivity contribution is -0.276. The molecule has 0 aliphatic rings. The van der Waals surface area contributed by atoms with Gasteiger partial charge in [-0.05, 0) is 35.6 Å². The summed E-state index contributed by atoms with van der Waals surface area (Å²) >= 11 is 1.44. The molecule has 0 unspecified atom stereocenters. The normalized spacial score (nSPS) is 11.3. The molecular formula is C8H5F3INO3.